The number of ether oxygens (including phenoxy) is 1. The summed E-state index contributed by atoms with van der Waals surface area (Å²) in [5, 5.41) is 7.85. The molecule has 4 aromatic rings. The Hall–Kier alpha value is -3.72. The lowest BCUT2D eigenvalue weighted by atomic mass is 10.0. The first-order valence-corrected chi connectivity index (χ1v) is 12.3. The van der Waals surface area contributed by atoms with Crippen LogP contribution in [-0.4, -0.2) is 46.3 Å². The van der Waals surface area contributed by atoms with Crippen molar-refractivity contribution < 1.29 is 14.3 Å². The van der Waals surface area contributed by atoms with Crippen LogP contribution in [0.3, 0.4) is 0 Å². The van der Waals surface area contributed by atoms with Crippen molar-refractivity contribution in [3.05, 3.63) is 57.9 Å². The highest BCUT2D eigenvalue weighted by molar-refractivity contribution is 7.12. The minimum absolute atomic E-state index is 0.0743. The van der Waals surface area contributed by atoms with Crippen molar-refractivity contribution in [1.82, 2.24) is 20.1 Å². The number of benzene rings is 1. The lowest BCUT2D eigenvalue weighted by molar-refractivity contribution is -0.127. The van der Waals surface area contributed by atoms with Gasteiger partial charge in [0.05, 0.1) is 35.1 Å². The van der Waals surface area contributed by atoms with Crippen LogP contribution in [0, 0.1) is 13.8 Å². The van der Waals surface area contributed by atoms with Gasteiger partial charge >= 0.3 is 0 Å². The number of nitrogens with one attached hydrogen (secondary N) is 1. The van der Waals surface area contributed by atoms with Crippen LogP contribution >= 0.6 is 11.3 Å². The third-order valence-corrected chi connectivity index (χ3v) is 7.13. The molecule has 0 radical (unpaired) electrons. The molecular formula is C26H27N5O3S. The van der Waals surface area contributed by atoms with E-state index in [-0.39, 0.29) is 24.4 Å². The van der Waals surface area contributed by atoms with Crippen molar-refractivity contribution in [2.45, 2.75) is 39.8 Å². The second-order valence-electron chi connectivity index (χ2n) is 8.91. The molecule has 0 bridgehead atoms. The van der Waals surface area contributed by atoms with Gasteiger partial charge in [0.15, 0.2) is 11.8 Å². The minimum atomic E-state index is -0.809. The zero-order valence-corrected chi connectivity index (χ0v) is 21.1. The molecule has 1 aromatic carbocycles. The number of fused-ring (bicyclic) bond motifs is 2. The number of carbonyl (C=O) groups excluding carboxylic acids is 2. The molecule has 0 saturated carbocycles. The lowest BCUT2D eigenvalue weighted by Crippen LogP contribution is -2.50. The number of nitrogens with zero attached hydrogens (tertiary/aromatic N) is 4. The minimum Gasteiger partial charge on any atom is -0.477 e. The molecule has 35 heavy (non-hydrogen) atoms. The summed E-state index contributed by atoms with van der Waals surface area (Å²) in [5.74, 6) is -0.0144. The Morgan fingerprint density at radius 2 is 1.97 bits per heavy atom. The molecule has 0 fully saturated rings. The summed E-state index contributed by atoms with van der Waals surface area (Å²) in [7, 11) is 1.56. The van der Waals surface area contributed by atoms with Crippen molar-refractivity contribution >= 4 is 39.9 Å². The van der Waals surface area contributed by atoms with Gasteiger partial charge in [0.25, 0.3) is 11.8 Å². The van der Waals surface area contributed by atoms with E-state index in [1.807, 2.05) is 42.8 Å². The molecule has 0 saturated heterocycles. The van der Waals surface area contributed by atoms with E-state index in [1.54, 1.807) is 35.5 Å². The fourth-order valence-electron chi connectivity index (χ4n) is 4.47. The number of pyridine rings is 1. The van der Waals surface area contributed by atoms with Crippen LogP contribution < -0.4 is 15.0 Å². The summed E-state index contributed by atoms with van der Waals surface area (Å²) in [4.78, 5) is 35.5. The van der Waals surface area contributed by atoms with Gasteiger partial charge < -0.3 is 15.0 Å². The maximum Gasteiger partial charge on any atom is 0.262 e. The number of thiophene rings is 1. The molecule has 180 valence electrons. The molecule has 9 heteroatoms. The van der Waals surface area contributed by atoms with Crippen molar-refractivity contribution in [2.75, 3.05) is 18.5 Å². The molecule has 1 unspecified atom stereocenters. The van der Waals surface area contributed by atoms with Crippen LogP contribution in [0.4, 0.5) is 5.69 Å². The average molecular weight is 490 g/mol. The van der Waals surface area contributed by atoms with Gasteiger partial charge in [-0.3, -0.25) is 9.59 Å². The highest BCUT2D eigenvalue weighted by atomic mass is 32.1. The van der Waals surface area contributed by atoms with E-state index in [0.717, 1.165) is 16.1 Å². The lowest BCUT2D eigenvalue weighted by Gasteiger charge is -2.34. The smallest absolute Gasteiger partial charge is 0.262 e. The normalized spacial score (nSPS) is 15.3. The zero-order chi connectivity index (χ0) is 24.9. The second kappa shape index (κ2) is 8.81. The van der Waals surface area contributed by atoms with Gasteiger partial charge in [-0.15, -0.1) is 11.3 Å². The van der Waals surface area contributed by atoms with E-state index < -0.39 is 6.10 Å². The van der Waals surface area contributed by atoms with E-state index in [2.05, 4.69) is 30.3 Å². The molecule has 3 aromatic heterocycles. The summed E-state index contributed by atoms with van der Waals surface area (Å²) in [5.41, 5.74) is 3.52. The molecular weight excluding hydrogens is 462 g/mol. The molecule has 5 rings (SSSR count). The Morgan fingerprint density at radius 1 is 1.20 bits per heavy atom. The summed E-state index contributed by atoms with van der Waals surface area (Å²) in [6.07, 6.45) is 0.893. The average Bonchev–Trinajstić information content (AvgIpc) is 3.44. The van der Waals surface area contributed by atoms with Gasteiger partial charge in [0, 0.05) is 28.4 Å². The zero-order valence-electron chi connectivity index (χ0n) is 20.3. The second-order valence-corrected chi connectivity index (χ2v) is 10.4. The monoisotopic (exact) mass is 489 g/mol. The first-order chi connectivity index (χ1) is 16.8. The number of aromatic nitrogens is 3. The summed E-state index contributed by atoms with van der Waals surface area (Å²) in [6, 6.07) is 11.3. The fourth-order valence-corrected chi connectivity index (χ4v) is 5.40. The third-order valence-electron chi connectivity index (χ3n) is 6.16. The Morgan fingerprint density at radius 3 is 2.66 bits per heavy atom. The van der Waals surface area contributed by atoms with Crippen LogP contribution in [0.15, 0.2) is 42.6 Å². The van der Waals surface area contributed by atoms with Crippen LogP contribution in [0.25, 0.3) is 22.3 Å². The van der Waals surface area contributed by atoms with Gasteiger partial charge in [-0.2, -0.15) is 5.10 Å². The topological polar surface area (TPSA) is 89.4 Å². The number of aryl methyl sites for hydroxylation is 2. The quantitative estimate of drug-likeness (QED) is 0.456. The van der Waals surface area contributed by atoms with Crippen LogP contribution in [-0.2, 0) is 4.79 Å². The SMILES string of the molecule is CNC(=O)C1CN(C(=O)c2cc(-c3cc(C)sc3C)nc3c2cnn3C(C)C)c2ccccc2O1. The van der Waals surface area contributed by atoms with E-state index in [9.17, 15) is 9.59 Å². The maximum atomic E-state index is 14.2. The van der Waals surface area contributed by atoms with E-state index in [0.29, 0.717) is 28.0 Å². The van der Waals surface area contributed by atoms with Crippen LogP contribution in [0.2, 0.25) is 0 Å². The predicted octanol–water partition coefficient (Wildman–Crippen LogP) is 4.51. The van der Waals surface area contributed by atoms with Gasteiger partial charge in [-0.25, -0.2) is 9.67 Å². The molecule has 1 aliphatic heterocycles. The third kappa shape index (κ3) is 3.95. The van der Waals surface area contributed by atoms with Crippen molar-refractivity contribution in [3.8, 4) is 17.0 Å². The van der Waals surface area contributed by atoms with Gasteiger partial charge in [-0.1, -0.05) is 12.1 Å². The molecule has 1 N–H and O–H groups in total. The highest BCUT2D eigenvalue weighted by Crippen LogP contribution is 2.37. The van der Waals surface area contributed by atoms with Gasteiger partial charge in [-0.05, 0) is 52.0 Å². The number of likely N-dealkylation sites (N-methyl/N-ethyl adjacent to an activating group) is 1. The Bertz CT molecular complexity index is 1450. The molecule has 8 nitrogen and oxygen atoms in total. The standard InChI is InChI=1S/C26H27N5O3S/c1-14(2)31-24-19(12-28-31)18(11-20(29-24)17-10-15(3)35-16(17)4)26(33)30-13-23(25(32)27-5)34-22-9-7-6-8-21(22)30/h6-12,14,23H,13H2,1-5H3,(H,27,32). The number of anilines is 1. The van der Waals surface area contributed by atoms with Gasteiger partial charge in [0.2, 0.25) is 0 Å². The largest absolute Gasteiger partial charge is 0.477 e. The van der Waals surface area contributed by atoms with Crippen LogP contribution in [0.1, 0.15) is 40.0 Å². The highest BCUT2D eigenvalue weighted by Gasteiger charge is 2.35. The number of para-hydroxylation sites is 2. The number of hydrogen-bond donors (Lipinski definition) is 1. The first kappa shape index (κ1) is 23.0. The first-order valence-electron chi connectivity index (χ1n) is 11.5. The Kier molecular flexibility index (Phi) is 5.80. The van der Waals surface area contributed by atoms with Crippen LogP contribution in [0.5, 0.6) is 5.75 Å². The number of rotatable bonds is 4. The van der Waals surface area contributed by atoms with Crippen molar-refractivity contribution in [1.29, 1.82) is 0 Å². The van der Waals surface area contributed by atoms with Crippen molar-refractivity contribution in [2.24, 2.45) is 0 Å². The summed E-state index contributed by atoms with van der Waals surface area (Å²) in [6.45, 7) is 8.30. The molecule has 2 amide bonds. The maximum absolute atomic E-state index is 14.2. The number of amides is 2. The molecule has 4 heterocycles. The number of carbonyl (C=O) groups is 2. The van der Waals surface area contributed by atoms with E-state index >= 15 is 0 Å². The summed E-state index contributed by atoms with van der Waals surface area (Å²) < 4.78 is 7.74. The molecule has 1 aliphatic rings. The van der Waals surface area contributed by atoms with Crippen molar-refractivity contribution in [3.63, 3.8) is 0 Å². The number of hydrogen-bond acceptors (Lipinski definition) is 6. The Balaban J connectivity index is 1.69. The molecule has 0 spiro atoms. The summed E-state index contributed by atoms with van der Waals surface area (Å²) >= 11 is 1.70. The Labute approximate surface area is 207 Å². The van der Waals surface area contributed by atoms with E-state index in [4.69, 9.17) is 9.72 Å². The fraction of sp³-hybridized carbons (Fsp3) is 0.308. The molecule has 0 aliphatic carbocycles. The molecule has 1 atom stereocenters. The van der Waals surface area contributed by atoms with E-state index in [1.165, 1.54) is 4.88 Å². The predicted molar refractivity (Wildman–Crippen MR) is 137 cm³/mol. The van der Waals surface area contributed by atoms with Gasteiger partial charge in [0.1, 0.15) is 5.75 Å².